The Hall–Kier alpha value is -4.97. The lowest BCUT2D eigenvalue weighted by molar-refractivity contribution is -0.143. The van der Waals surface area contributed by atoms with E-state index in [2.05, 4.69) is 37.2 Å². The highest BCUT2D eigenvalue weighted by Gasteiger charge is 2.37. The molecule has 0 spiro atoms. The number of amides is 8. The summed E-state index contributed by atoms with van der Waals surface area (Å²) < 4.78 is 0. The number of nitrogens with two attached hydrogens (primary N) is 3. The molecule has 0 bridgehead atoms. The van der Waals surface area contributed by atoms with Gasteiger partial charge in [-0.3, -0.25) is 38.4 Å². The quantitative estimate of drug-likeness (QED) is 0.0296. The van der Waals surface area contributed by atoms with Gasteiger partial charge in [0.1, 0.15) is 42.3 Å². The Labute approximate surface area is 388 Å². The molecule has 1 saturated heterocycles. The summed E-state index contributed by atoms with van der Waals surface area (Å²) in [5.74, 6) is -7.82. The van der Waals surface area contributed by atoms with Crippen LogP contribution in [0, 0.1) is 17.8 Å². The minimum atomic E-state index is -1.60. The normalized spacial score (nSPS) is 16.9. The van der Waals surface area contributed by atoms with Crippen LogP contribution in [0.5, 0.6) is 0 Å². The van der Waals surface area contributed by atoms with Crippen LogP contribution in [0.3, 0.4) is 0 Å². The van der Waals surface area contributed by atoms with Crippen LogP contribution in [0.4, 0.5) is 0 Å². The van der Waals surface area contributed by atoms with Gasteiger partial charge in [0, 0.05) is 6.54 Å². The van der Waals surface area contributed by atoms with Crippen molar-refractivity contribution >= 4 is 53.2 Å². The highest BCUT2D eigenvalue weighted by molar-refractivity contribution is 5.98. The van der Waals surface area contributed by atoms with Gasteiger partial charge in [0.2, 0.25) is 47.3 Å². The molecule has 1 aliphatic heterocycles. The fraction of sp³-hybridized carbons (Fsp3) is 0.791. The van der Waals surface area contributed by atoms with Crippen LogP contribution in [0.1, 0.15) is 112 Å². The number of hydrogen-bond donors (Lipinski definition) is 13. The average Bonchev–Trinajstić information content (AvgIpc) is 3.75. The molecular weight excluding hydrogens is 863 g/mol. The number of nitrogens with one attached hydrogen (secondary N) is 7. The second-order valence-electron chi connectivity index (χ2n) is 18.1. The van der Waals surface area contributed by atoms with Gasteiger partial charge in [0.05, 0.1) is 25.8 Å². The maximum Gasteiger partial charge on any atom is 0.326 e. The van der Waals surface area contributed by atoms with Crippen molar-refractivity contribution in [1.82, 2.24) is 42.1 Å². The molecule has 8 amide bonds. The number of carbonyl (C=O) groups excluding carboxylic acids is 8. The highest BCUT2D eigenvalue weighted by Crippen LogP contribution is 2.18. The number of aliphatic carboxylic acids is 1. The topological polar surface area (TPSA) is 380 Å². The van der Waals surface area contributed by atoms with Crippen molar-refractivity contribution in [3.8, 4) is 0 Å². The molecular formula is C43H79N11O12. The van der Waals surface area contributed by atoms with Crippen LogP contribution in [-0.2, 0) is 43.2 Å². The van der Waals surface area contributed by atoms with E-state index in [0.29, 0.717) is 51.6 Å². The van der Waals surface area contributed by atoms with Crippen LogP contribution in [-0.4, -0.2) is 161 Å². The molecule has 0 aromatic heterocycles. The summed E-state index contributed by atoms with van der Waals surface area (Å²) in [6.45, 7) is 9.43. The van der Waals surface area contributed by atoms with Gasteiger partial charge in [-0.2, -0.15) is 0 Å². The van der Waals surface area contributed by atoms with Crippen molar-refractivity contribution < 1.29 is 58.5 Å². The maximum atomic E-state index is 13.8. The maximum absolute atomic E-state index is 13.8. The highest BCUT2D eigenvalue weighted by atomic mass is 16.4. The molecule has 23 heteroatoms. The van der Waals surface area contributed by atoms with Crippen LogP contribution in [0.15, 0.2) is 0 Å². The van der Waals surface area contributed by atoms with E-state index >= 15 is 0 Å². The number of rotatable bonds is 32. The molecule has 1 fully saturated rings. The van der Waals surface area contributed by atoms with Gasteiger partial charge in [0.25, 0.3) is 0 Å². The van der Waals surface area contributed by atoms with Gasteiger partial charge >= 0.3 is 5.97 Å². The lowest BCUT2D eigenvalue weighted by atomic mass is 9.99. The first kappa shape index (κ1) is 59.0. The molecule has 0 aliphatic carbocycles. The van der Waals surface area contributed by atoms with Gasteiger partial charge < -0.3 is 74.6 Å². The van der Waals surface area contributed by atoms with Gasteiger partial charge in [0.15, 0.2) is 0 Å². The zero-order valence-electron chi connectivity index (χ0n) is 39.6. The van der Waals surface area contributed by atoms with E-state index in [0.717, 1.165) is 0 Å². The van der Waals surface area contributed by atoms with Crippen molar-refractivity contribution in [2.24, 2.45) is 35.0 Å². The molecule has 378 valence electrons. The largest absolute Gasteiger partial charge is 0.480 e. The van der Waals surface area contributed by atoms with E-state index in [1.807, 2.05) is 0 Å². The van der Waals surface area contributed by atoms with E-state index in [9.17, 15) is 58.5 Å². The van der Waals surface area contributed by atoms with Gasteiger partial charge in [-0.25, -0.2) is 4.79 Å². The van der Waals surface area contributed by atoms with Crippen LogP contribution in [0.2, 0.25) is 0 Å². The minimum Gasteiger partial charge on any atom is -0.480 e. The number of unbranched alkanes of at least 4 members (excludes halogenated alkanes) is 2. The predicted octanol–water partition coefficient (Wildman–Crippen LogP) is -3.20. The molecule has 1 rings (SSSR count). The van der Waals surface area contributed by atoms with E-state index in [1.165, 1.54) is 4.90 Å². The van der Waals surface area contributed by atoms with E-state index in [-0.39, 0.29) is 62.9 Å². The molecule has 0 aromatic rings. The van der Waals surface area contributed by atoms with Gasteiger partial charge in [-0.15, -0.1) is 0 Å². The summed E-state index contributed by atoms with van der Waals surface area (Å²) in [6.07, 6.45) is 3.67. The molecule has 16 N–H and O–H groups in total. The number of aliphatic hydroxyl groups excluding tert-OH is 2. The molecule has 1 heterocycles. The lowest BCUT2D eigenvalue weighted by Gasteiger charge is -2.29. The molecule has 23 nitrogen and oxygen atoms in total. The first-order valence-electron chi connectivity index (χ1n) is 23.1. The summed E-state index contributed by atoms with van der Waals surface area (Å²) in [6, 6.07) is -10.0. The first-order valence-corrected chi connectivity index (χ1v) is 23.1. The Bertz CT molecular complexity index is 1600. The van der Waals surface area contributed by atoms with E-state index < -0.39 is 115 Å². The molecule has 0 saturated carbocycles. The Kier molecular flexibility index (Phi) is 27.8. The number of likely N-dealkylation sites (tertiary alicyclic amines) is 1. The van der Waals surface area contributed by atoms with E-state index in [1.54, 1.807) is 41.5 Å². The van der Waals surface area contributed by atoms with Crippen molar-refractivity contribution in [3.05, 3.63) is 0 Å². The summed E-state index contributed by atoms with van der Waals surface area (Å²) in [5, 5.41) is 47.3. The molecule has 8 atom stereocenters. The molecule has 0 radical (unpaired) electrons. The SMILES string of the molecule is CC(C)C[C@H](NC(=O)[C@H](CO)NC(=O)[C@H](CC(C)C)NC(=O)[C@H](CC(C)C)NC(=O)[C@H](CO)NC(=O)[C@H](CCCCN)NC(=O)[C@@H]1CCCN1C(=O)CNC(=O)[C@@H](N)CCCCN)C(=O)O. The van der Waals surface area contributed by atoms with Crippen LogP contribution >= 0.6 is 0 Å². The van der Waals surface area contributed by atoms with Gasteiger partial charge in [-0.1, -0.05) is 48.0 Å². The first-order chi connectivity index (χ1) is 31.1. The monoisotopic (exact) mass is 942 g/mol. The Morgan fingerprint density at radius 3 is 1.41 bits per heavy atom. The number of nitrogens with zero attached hydrogens (tertiary/aromatic N) is 1. The zero-order valence-corrected chi connectivity index (χ0v) is 39.6. The second kappa shape index (κ2) is 31.1. The molecule has 1 aliphatic rings. The smallest absolute Gasteiger partial charge is 0.326 e. The molecule has 0 unspecified atom stereocenters. The number of carboxylic acid groups (broad SMARTS) is 1. The third kappa shape index (κ3) is 21.6. The fourth-order valence-corrected chi connectivity index (χ4v) is 7.25. The number of aliphatic hydroxyl groups is 2. The van der Waals surface area contributed by atoms with Crippen molar-refractivity contribution in [3.63, 3.8) is 0 Å². The molecule has 66 heavy (non-hydrogen) atoms. The Morgan fingerprint density at radius 1 is 0.561 bits per heavy atom. The number of carboxylic acids is 1. The summed E-state index contributed by atoms with van der Waals surface area (Å²) in [4.78, 5) is 120. The van der Waals surface area contributed by atoms with E-state index in [4.69, 9.17) is 17.2 Å². The summed E-state index contributed by atoms with van der Waals surface area (Å²) in [7, 11) is 0. The van der Waals surface area contributed by atoms with Crippen LogP contribution in [0.25, 0.3) is 0 Å². The lowest BCUT2D eigenvalue weighted by Crippen LogP contribution is -2.61. The van der Waals surface area contributed by atoms with Gasteiger partial charge in [-0.05, 0) is 95.1 Å². The van der Waals surface area contributed by atoms with Crippen molar-refractivity contribution in [1.29, 1.82) is 0 Å². The second-order valence-corrected chi connectivity index (χ2v) is 18.1. The minimum absolute atomic E-state index is 0.0490. The fourth-order valence-electron chi connectivity index (χ4n) is 7.25. The van der Waals surface area contributed by atoms with Crippen molar-refractivity contribution in [2.75, 3.05) is 39.4 Å². The number of carbonyl (C=O) groups is 9. The standard InChI is InChI=1S/C43H79N11O12/c1-24(2)18-29(38(60)49-30(19-25(3)4)39(61)53-33(23-56)41(63)51-31(43(65)66)20-26(5)6)50-40(62)32(22-55)52-37(59)28(13-8-10-16-45)48-42(64)34-14-11-17-54(34)35(57)21-47-36(58)27(46)12-7-9-15-44/h24-34,55-56H,7-23,44-46H2,1-6H3,(H,47,58)(H,48,64)(H,49,60)(H,50,62)(H,51,63)(H,52,59)(H,53,61)(H,65,66)/t27-,28-,29-,30-,31-,32-,33-,34-/m0/s1. The third-order valence-corrected chi connectivity index (χ3v) is 10.8. The zero-order chi connectivity index (χ0) is 50.1. The predicted molar refractivity (Wildman–Crippen MR) is 243 cm³/mol. The van der Waals surface area contributed by atoms with Crippen LogP contribution < -0.4 is 54.4 Å². The summed E-state index contributed by atoms with van der Waals surface area (Å²) >= 11 is 0. The van der Waals surface area contributed by atoms with Crippen molar-refractivity contribution in [2.45, 2.75) is 161 Å². The molecule has 0 aromatic carbocycles. The number of hydrogen-bond acceptors (Lipinski definition) is 14. The summed E-state index contributed by atoms with van der Waals surface area (Å²) in [5.41, 5.74) is 17.1. The Balaban J connectivity index is 3.15. The average molecular weight is 942 g/mol. The third-order valence-electron chi connectivity index (χ3n) is 10.8. The Morgan fingerprint density at radius 2 is 0.970 bits per heavy atom.